The lowest BCUT2D eigenvalue weighted by Crippen LogP contribution is -2.56. The number of benzene rings is 1. The van der Waals surface area contributed by atoms with Crippen molar-refractivity contribution < 1.29 is 32.7 Å². The summed E-state index contributed by atoms with van der Waals surface area (Å²) in [6, 6.07) is -1.25. The fourth-order valence-corrected chi connectivity index (χ4v) is 6.51. The zero-order chi connectivity index (χ0) is 30.9. The smallest absolute Gasteiger partial charge is 0.270 e. The van der Waals surface area contributed by atoms with Gasteiger partial charge < -0.3 is 25.6 Å². The van der Waals surface area contributed by atoms with E-state index in [2.05, 4.69) is 15.6 Å². The summed E-state index contributed by atoms with van der Waals surface area (Å²) in [6.45, 7) is -0.384. The average Bonchev–Trinajstić information content (AvgIpc) is 3.90. The van der Waals surface area contributed by atoms with Crippen molar-refractivity contribution in [2.24, 2.45) is 17.6 Å². The number of likely N-dealkylation sites (N-methyl/N-ethyl adjacent to an activating group) is 1. The maximum Gasteiger partial charge on any atom is 0.270 e. The largest absolute Gasteiger partial charge is 0.473 e. The molecule has 0 radical (unpaired) electrons. The Hall–Kier alpha value is -4.10. The van der Waals surface area contributed by atoms with E-state index in [4.69, 9.17) is 10.5 Å². The van der Waals surface area contributed by atoms with Crippen LogP contribution in [0.3, 0.4) is 0 Å². The van der Waals surface area contributed by atoms with Crippen molar-refractivity contribution >= 4 is 29.3 Å². The van der Waals surface area contributed by atoms with E-state index in [1.54, 1.807) is 11.7 Å². The molecule has 3 heterocycles. The zero-order valence-corrected chi connectivity index (χ0v) is 24.4. The van der Waals surface area contributed by atoms with E-state index < -0.39 is 53.1 Å². The number of carbonyl (C=O) groups excluding carboxylic acids is 4. The van der Waals surface area contributed by atoms with Gasteiger partial charge >= 0.3 is 0 Å². The Morgan fingerprint density at radius 1 is 1.14 bits per heavy atom. The molecule has 5 aliphatic rings. The lowest BCUT2D eigenvalue weighted by molar-refractivity contribution is -0.149. The highest BCUT2D eigenvalue weighted by Gasteiger charge is 2.58. The van der Waals surface area contributed by atoms with Crippen LogP contribution in [-0.4, -0.2) is 79.7 Å². The Balaban J connectivity index is 1.16. The molecule has 2 unspecified atom stereocenters. The maximum absolute atomic E-state index is 14.4. The Kier molecular flexibility index (Phi) is 6.85. The Morgan fingerprint density at radius 3 is 2.50 bits per heavy atom. The van der Waals surface area contributed by atoms with Crippen molar-refractivity contribution in [3.8, 4) is 5.75 Å². The molecule has 14 heteroatoms. The second-order valence-corrected chi connectivity index (χ2v) is 13.1. The number of nitrogens with one attached hydrogen (secondary N) is 1. The summed E-state index contributed by atoms with van der Waals surface area (Å²) in [5.41, 5.74) is 4.48. The summed E-state index contributed by atoms with van der Waals surface area (Å²) in [5.74, 6) is -3.63. The van der Waals surface area contributed by atoms with Crippen LogP contribution < -0.4 is 15.8 Å². The number of nitrogens with zero attached hydrogens (tertiary/aromatic N) is 5. The number of fused-ring (bicyclic) bond motifs is 1. The van der Waals surface area contributed by atoms with Gasteiger partial charge in [0, 0.05) is 37.7 Å². The van der Waals surface area contributed by atoms with Gasteiger partial charge in [-0.05, 0) is 37.5 Å². The number of amides is 4. The highest BCUT2D eigenvalue weighted by Crippen LogP contribution is 2.44. The third-order valence-corrected chi connectivity index (χ3v) is 9.65. The van der Waals surface area contributed by atoms with Crippen LogP contribution in [0.1, 0.15) is 75.4 Å². The van der Waals surface area contributed by atoms with Gasteiger partial charge in [0.1, 0.15) is 29.6 Å². The fourth-order valence-electron chi connectivity index (χ4n) is 6.51. The summed E-state index contributed by atoms with van der Waals surface area (Å²) in [6.07, 6.45) is 8.46. The number of likely N-dealkylation sites (tertiary alicyclic amines) is 1. The molecule has 1 aromatic heterocycles. The molecule has 3 N–H and O–H groups in total. The van der Waals surface area contributed by atoms with Gasteiger partial charge in [-0.25, -0.2) is 13.5 Å². The van der Waals surface area contributed by atoms with Crippen molar-refractivity contribution in [3.05, 3.63) is 35.7 Å². The van der Waals surface area contributed by atoms with Crippen LogP contribution in [0.15, 0.2) is 18.3 Å². The van der Waals surface area contributed by atoms with Crippen molar-refractivity contribution in [2.75, 3.05) is 18.9 Å². The van der Waals surface area contributed by atoms with Crippen LogP contribution in [0.25, 0.3) is 0 Å². The van der Waals surface area contributed by atoms with Crippen LogP contribution in [0.4, 0.5) is 14.5 Å². The van der Waals surface area contributed by atoms with Crippen LogP contribution in [0, 0.1) is 23.5 Å². The van der Waals surface area contributed by atoms with Gasteiger partial charge in [-0.1, -0.05) is 30.9 Å². The first-order chi connectivity index (χ1) is 21.0. The number of ether oxygens (including phenoxy) is 1. The molecule has 4 amide bonds. The normalized spacial score (nSPS) is 25.7. The Labute approximate surface area is 252 Å². The topological polar surface area (TPSA) is 153 Å². The zero-order valence-electron chi connectivity index (χ0n) is 24.4. The van der Waals surface area contributed by atoms with E-state index in [-0.39, 0.29) is 36.2 Å². The maximum atomic E-state index is 14.4. The van der Waals surface area contributed by atoms with Crippen molar-refractivity contribution in [2.45, 2.75) is 87.4 Å². The number of nitrogens with two attached hydrogens (primary N) is 1. The SMILES string of the molecule is CN(C(=O)C(CC1CC1)n1cc(C2CC2)nn1)C(CC1CC1)C(=O)N1C[C@@]2(C[C@H]1C(N)=O)Oc1cc(F)cc(F)c1NC2=O. The number of anilines is 1. The predicted molar refractivity (Wildman–Crippen MR) is 150 cm³/mol. The third-order valence-electron chi connectivity index (χ3n) is 9.65. The lowest BCUT2D eigenvalue weighted by Gasteiger charge is -2.36. The number of halogens is 2. The van der Waals surface area contributed by atoms with E-state index in [1.165, 1.54) is 9.80 Å². The first-order valence-electron chi connectivity index (χ1n) is 15.3. The molecule has 1 spiro atoms. The third kappa shape index (κ3) is 5.28. The summed E-state index contributed by atoms with van der Waals surface area (Å²) in [4.78, 5) is 57.1. The van der Waals surface area contributed by atoms with Gasteiger partial charge in [0.15, 0.2) is 11.6 Å². The van der Waals surface area contributed by atoms with Crippen LogP contribution in [0.2, 0.25) is 0 Å². The van der Waals surface area contributed by atoms with Crippen molar-refractivity contribution in [1.82, 2.24) is 24.8 Å². The average molecular weight is 612 g/mol. The van der Waals surface area contributed by atoms with Gasteiger partial charge in [0.2, 0.25) is 23.3 Å². The predicted octanol–water partition coefficient (Wildman–Crippen LogP) is 2.26. The minimum atomic E-state index is -1.80. The molecule has 12 nitrogen and oxygen atoms in total. The van der Waals surface area contributed by atoms with Gasteiger partial charge in [0.25, 0.3) is 5.91 Å². The first kappa shape index (κ1) is 28.7. The minimum absolute atomic E-state index is 0.226. The molecule has 44 heavy (non-hydrogen) atoms. The number of carbonyl (C=O) groups is 4. The Bertz CT molecular complexity index is 1540. The molecule has 3 aliphatic carbocycles. The van der Waals surface area contributed by atoms with Crippen LogP contribution in [0.5, 0.6) is 5.75 Å². The van der Waals surface area contributed by atoms with Crippen molar-refractivity contribution in [3.63, 3.8) is 0 Å². The van der Waals surface area contributed by atoms with E-state index in [1.807, 2.05) is 6.20 Å². The molecule has 3 saturated carbocycles. The molecule has 4 fully saturated rings. The van der Waals surface area contributed by atoms with Gasteiger partial charge in [-0.2, -0.15) is 0 Å². The first-order valence-corrected chi connectivity index (χ1v) is 15.3. The highest BCUT2D eigenvalue weighted by atomic mass is 19.1. The molecule has 1 saturated heterocycles. The van der Waals surface area contributed by atoms with Crippen molar-refractivity contribution in [1.29, 1.82) is 0 Å². The van der Waals surface area contributed by atoms with Crippen LogP contribution >= 0.6 is 0 Å². The van der Waals surface area contributed by atoms with E-state index in [0.717, 1.165) is 50.3 Å². The van der Waals surface area contributed by atoms with E-state index >= 15 is 0 Å². The monoisotopic (exact) mass is 611 g/mol. The molecular formula is C30H35F2N7O5. The number of hydrogen-bond donors (Lipinski definition) is 2. The Morgan fingerprint density at radius 2 is 1.84 bits per heavy atom. The quantitative estimate of drug-likeness (QED) is 0.418. The van der Waals surface area contributed by atoms with E-state index in [9.17, 15) is 28.0 Å². The molecule has 0 bridgehead atoms. The molecule has 2 aliphatic heterocycles. The van der Waals surface area contributed by atoms with E-state index in [0.29, 0.717) is 30.7 Å². The number of aromatic nitrogens is 3. The molecular weight excluding hydrogens is 576 g/mol. The molecule has 7 rings (SSSR count). The molecule has 1 aromatic carbocycles. The molecule has 4 atom stereocenters. The minimum Gasteiger partial charge on any atom is -0.473 e. The fraction of sp³-hybridized carbons (Fsp3) is 0.600. The highest BCUT2D eigenvalue weighted by molar-refractivity contribution is 6.03. The summed E-state index contributed by atoms with van der Waals surface area (Å²) in [5, 5.41) is 11.0. The van der Waals surface area contributed by atoms with Gasteiger partial charge in [-0.3, -0.25) is 19.2 Å². The number of rotatable bonds is 10. The summed E-state index contributed by atoms with van der Waals surface area (Å²) >= 11 is 0. The summed E-state index contributed by atoms with van der Waals surface area (Å²) in [7, 11) is 1.59. The number of hydrogen-bond acceptors (Lipinski definition) is 7. The standard InChI is InChI=1S/C30H35F2N7O5/c1-37(27(41)22(9-16-4-5-16)39-13-20(35-36-39)17-6-7-17)21(8-15-2-3-15)28(42)38-14-30(12-23(38)26(33)40)29(43)34-25-19(32)10-18(31)11-24(25)44-30/h10-11,13,15-17,21-23H,2-9,12,14H2,1H3,(H2,33,40)(H,34,43)/t21?,22?,23-,30+/m0/s1. The van der Waals surface area contributed by atoms with Crippen LogP contribution in [-0.2, 0) is 19.2 Å². The molecule has 2 aromatic rings. The molecule has 234 valence electrons. The second kappa shape index (κ2) is 10.5. The number of primary amides is 1. The van der Waals surface area contributed by atoms with Gasteiger partial charge in [-0.15, -0.1) is 5.10 Å². The second-order valence-electron chi connectivity index (χ2n) is 13.1. The summed E-state index contributed by atoms with van der Waals surface area (Å²) < 4.78 is 35.9. The van der Waals surface area contributed by atoms with Gasteiger partial charge in [0.05, 0.1) is 12.2 Å². The lowest BCUT2D eigenvalue weighted by atomic mass is 9.96.